The van der Waals surface area contributed by atoms with E-state index in [1.807, 2.05) is 0 Å². The lowest BCUT2D eigenvalue weighted by Gasteiger charge is -2.33. The van der Waals surface area contributed by atoms with Gasteiger partial charge in [0.2, 0.25) is 5.91 Å². The van der Waals surface area contributed by atoms with Crippen molar-refractivity contribution in [2.75, 3.05) is 46.4 Å². The van der Waals surface area contributed by atoms with Crippen LogP contribution < -0.4 is 5.32 Å². The van der Waals surface area contributed by atoms with Gasteiger partial charge >= 0.3 is 6.09 Å². The number of hydrogen-bond acceptors (Lipinski definition) is 4. The fourth-order valence-electron chi connectivity index (χ4n) is 3.13. The molecule has 1 N–H and O–H groups in total. The van der Waals surface area contributed by atoms with Crippen LogP contribution in [0.2, 0.25) is 0 Å². The monoisotopic (exact) mass is 297 g/mol. The van der Waals surface area contributed by atoms with Gasteiger partial charge in [-0.05, 0) is 12.8 Å². The van der Waals surface area contributed by atoms with E-state index in [0.717, 1.165) is 32.5 Å². The Labute approximate surface area is 126 Å². The van der Waals surface area contributed by atoms with E-state index in [1.54, 1.807) is 4.90 Å². The predicted octanol–water partition coefficient (Wildman–Crippen LogP) is 1.07. The molecule has 1 aliphatic heterocycles. The zero-order valence-electron chi connectivity index (χ0n) is 13.0. The number of ether oxygens (including phenoxy) is 1. The van der Waals surface area contributed by atoms with Crippen LogP contribution in [0.3, 0.4) is 0 Å². The molecule has 0 bridgehead atoms. The first kappa shape index (κ1) is 16.1. The molecule has 1 saturated carbocycles. The smallest absolute Gasteiger partial charge is 0.409 e. The van der Waals surface area contributed by atoms with E-state index in [-0.39, 0.29) is 17.9 Å². The molecule has 0 spiro atoms. The number of nitrogens with zero attached hydrogens (tertiary/aromatic N) is 2. The molecule has 6 heteroatoms. The maximum absolute atomic E-state index is 12.0. The standard InChI is InChI=1S/C15H27N3O3/c1-21-15(20)18-11-9-17(10-12-18)8-7-16-14(19)13-5-3-2-4-6-13/h13H,2-12H2,1H3,(H,16,19). The average Bonchev–Trinajstić information content (AvgIpc) is 2.55. The van der Waals surface area contributed by atoms with Gasteiger partial charge in [-0.25, -0.2) is 4.79 Å². The van der Waals surface area contributed by atoms with Crippen molar-refractivity contribution < 1.29 is 14.3 Å². The Bertz CT molecular complexity index is 348. The summed E-state index contributed by atoms with van der Waals surface area (Å²) in [5, 5.41) is 3.06. The molecule has 2 aliphatic rings. The Hall–Kier alpha value is -1.30. The third-order valence-corrected chi connectivity index (χ3v) is 4.51. The van der Waals surface area contributed by atoms with Crippen molar-refractivity contribution in [1.29, 1.82) is 0 Å². The highest BCUT2D eigenvalue weighted by molar-refractivity contribution is 5.78. The van der Waals surface area contributed by atoms with Gasteiger partial charge in [-0.3, -0.25) is 9.69 Å². The molecule has 21 heavy (non-hydrogen) atoms. The summed E-state index contributed by atoms with van der Waals surface area (Å²) in [4.78, 5) is 27.4. The van der Waals surface area contributed by atoms with E-state index in [4.69, 9.17) is 4.74 Å². The molecule has 1 heterocycles. The summed E-state index contributed by atoms with van der Waals surface area (Å²) in [5.41, 5.74) is 0. The number of rotatable bonds is 4. The number of methoxy groups -OCH3 is 1. The molecule has 0 aromatic carbocycles. The van der Waals surface area contributed by atoms with Crippen LogP contribution in [0, 0.1) is 5.92 Å². The van der Waals surface area contributed by atoms with E-state index < -0.39 is 0 Å². The van der Waals surface area contributed by atoms with Crippen molar-refractivity contribution in [3.05, 3.63) is 0 Å². The van der Waals surface area contributed by atoms with Crippen molar-refractivity contribution in [3.63, 3.8) is 0 Å². The number of carbonyl (C=O) groups is 2. The van der Waals surface area contributed by atoms with Gasteiger partial charge in [0.05, 0.1) is 7.11 Å². The Morgan fingerprint density at radius 2 is 1.76 bits per heavy atom. The zero-order chi connectivity index (χ0) is 15.1. The van der Waals surface area contributed by atoms with Gasteiger partial charge in [0.15, 0.2) is 0 Å². The average molecular weight is 297 g/mol. The van der Waals surface area contributed by atoms with Gasteiger partial charge in [0.25, 0.3) is 0 Å². The largest absolute Gasteiger partial charge is 0.453 e. The van der Waals surface area contributed by atoms with Gasteiger partial charge in [-0.2, -0.15) is 0 Å². The maximum atomic E-state index is 12.0. The SMILES string of the molecule is COC(=O)N1CCN(CCNC(=O)C2CCCCC2)CC1. The van der Waals surface area contributed by atoms with Crippen LogP contribution >= 0.6 is 0 Å². The van der Waals surface area contributed by atoms with Gasteiger partial charge in [0, 0.05) is 45.2 Å². The lowest BCUT2D eigenvalue weighted by Crippen LogP contribution is -2.50. The Balaban J connectivity index is 1.59. The molecule has 0 atom stereocenters. The molecule has 2 amide bonds. The van der Waals surface area contributed by atoms with Gasteiger partial charge in [0.1, 0.15) is 0 Å². The molecule has 120 valence electrons. The molecule has 0 aromatic rings. The summed E-state index contributed by atoms with van der Waals surface area (Å²) in [5.74, 6) is 0.456. The predicted molar refractivity (Wildman–Crippen MR) is 80.0 cm³/mol. The van der Waals surface area contributed by atoms with E-state index in [1.165, 1.54) is 26.4 Å². The summed E-state index contributed by atoms with van der Waals surface area (Å²) < 4.78 is 4.72. The van der Waals surface area contributed by atoms with Crippen LogP contribution in [-0.4, -0.2) is 68.2 Å². The first-order valence-corrected chi connectivity index (χ1v) is 8.03. The summed E-state index contributed by atoms with van der Waals surface area (Å²) in [6, 6.07) is 0. The Morgan fingerprint density at radius 3 is 2.38 bits per heavy atom. The van der Waals surface area contributed by atoms with Crippen molar-refractivity contribution in [3.8, 4) is 0 Å². The number of amides is 2. The second kappa shape index (κ2) is 8.22. The number of carbonyl (C=O) groups excluding carboxylic acids is 2. The van der Waals surface area contributed by atoms with E-state index in [2.05, 4.69) is 10.2 Å². The van der Waals surface area contributed by atoms with Crippen LogP contribution in [-0.2, 0) is 9.53 Å². The molecule has 2 fully saturated rings. The second-order valence-corrected chi connectivity index (χ2v) is 5.92. The number of hydrogen-bond donors (Lipinski definition) is 1. The van der Waals surface area contributed by atoms with Crippen LogP contribution in [0.25, 0.3) is 0 Å². The van der Waals surface area contributed by atoms with Crippen molar-refractivity contribution in [2.24, 2.45) is 5.92 Å². The van der Waals surface area contributed by atoms with Crippen molar-refractivity contribution in [1.82, 2.24) is 15.1 Å². The first-order chi connectivity index (χ1) is 10.2. The Morgan fingerprint density at radius 1 is 1.10 bits per heavy atom. The molecular weight excluding hydrogens is 270 g/mol. The topological polar surface area (TPSA) is 61.9 Å². The minimum atomic E-state index is -0.250. The van der Waals surface area contributed by atoms with E-state index in [0.29, 0.717) is 19.6 Å². The van der Waals surface area contributed by atoms with Gasteiger partial charge in [-0.15, -0.1) is 0 Å². The lowest BCUT2D eigenvalue weighted by atomic mass is 9.89. The quantitative estimate of drug-likeness (QED) is 0.843. The van der Waals surface area contributed by atoms with Crippen LogP contribution in [0.4, 0.5) is 4.79 Å². The number of piperazine rings is 1. The fourth-order valence-corrected chi connectivity index (χ4v) is 3.13. The molecule has 1 aliphatic carbocycles. The lowest BCUT2D eigenvalue weighted by molar-refractivity contribution is -0.125. The summed E-state index contributed by atoms with van der Waals surface area (Å²) in [6.07, 6.45) is 5.49. The minimum absolute atomic E-state index is 0.225. The van der Waals surface area contributed by atoms with Crippen LogP contribution in [0.15, 0.2) is 0 Å². The minimum Gasteiger partial charge on any atom is -0.453 e. The fraction of sp³-hybridized carbons (Fsp3) is 0.867. The van der Waals surface area contributed by atoms with E-state index >= 15 is 0 Å². The highest BCUT2D eigenvalue weighted by atomic mass is 16.5. The molecule has 0 radical (unpaired) electrons. The third-order valence-electron chi connectivity index (χ3n) is 4.51. The van der Waals surface area contributed by atoms with Gasteiger partial charge < -0.3 is 15.0 Å². The maximum Gasteiger partial charge on any atom is 0.409 e. The van der Waals surface area contributed by atoms with Crippen molar-refractivity contribution >= 4 is 12.0 Å². The third kappa shape index (κ3) is 4.88. The summed E-state index contributed by atoms with van der Waals surface area (Å²) in [6.45, 7) is 4.64. The summed E-state index contributed by atoms with van der Waals surface area (Å²) >= 11 is 0. The first-order valence-electron chi connectivity index (χ1n) is 8.03. The zero-order valence-corrected chi connectivity index (χ0v) is 13.0. The van der Waals surface area contributed by atoms with Gasteiger partial charge in [-0.1, -0.05) is 19.3 Å². The highest BCUT2D eigenvalue weighted by Gasteiger charge is 2.23. The van der Waals surface area contributed by atoms with E-state index in [9.17, 15) is 9.59 Å². The molecular formula is C15H27N3O3. The Kier molecular flexibility index (Phi) is 6.29. The summed E-state index contributed by atoms with van der Waals surface area (Å²) in [7, 11) is 1.41. The normalized spacial score (nSPS) is 21.1. The second-order valence-electron chi connectivity index (χ2n) is 5.92. The molecule has 0 unspecified atom stereocenters. The van der Waals surface area contributed by atoms with Crippen molar-refractivity contribution in [2.45, 2.75) is 32.1 Å². The van der Waals surface area contributed by atoms with Crippen LogP contribution in [0.1, 0.15) is 32.1 Å². The molecule has 2 rings (SSSR count). The number of nitrogens with one attached hydrogen (secondary N) is 1. The molecule has 1 saturated heterocycles. The highest BCUT2D eigenvalue weighted by Crippen LogP contribution is 2.23. The molecule has 6 nitrogen and oxygen atoms in total. The van der Waals surface area contributed by atoms with Crippen LogP contribution in [0.5, 0.6) is 0 Å². The molecule has 0 aromatic heterocycles.